The zero-order valence-electron chi connectivity index (χ0n) is 19.0. The molecule has 1 atom stereocenters. The van der Waals surface area contributed by atoms with Crippen molar-refractivity contribution in [3.8, 4) is 5.75 Å². The first-order valence-electron chi connectivity index (χ1n) is 11.6. The van der Waals surface area contributed by atoms with Crippen molar-refractivity contribution in [2.24, 2.45) is 7.05 Å². The van der Waals surface area contributed by atoms with Gasteiger partial charge in [-0.2, -0.15) is 5.10 Å². The maximum absolute atomic E-state index is 12.4. The molecule has 8 heteroatoms. The number of benzene rings is 1. The number of hydrogen-bond donors (Lipinski definition) is 2. The summed E-state index contributed by atoms with van der Waals surface area (Å²) in [5, 5.41) is 9.81. The molecular formula is C24H33N5O3. The van der Waals surface area contributed by atoms with Crippen LogP contribution in [0.25, 0.3) is 0 Å². The number of aromatic nitrogens is 2. The van der Waals surface area contributed by atoms with Crippen LogP contribution in [0.5, 0.6) is 5.75 Å². The molecule has 2 aromatic rings. The third-order valence-corrected chi connectivity index (χ3v) is 6.29. The Morgan fingerprint density at radius 3 is 2.72 bits per heavy atom. The van der Waals surface area contributed by atoms with E-state index in [0.29, 0.717) is 6.54 Å². The molecule has 1 aromatic carbocycles. The standard InChI is InChI=1S/C24H33N5O3/c1-17-8-9-18(22(12-17)32-21-6-4-3-5-7-21)13-25-23(30)24(31)27-19-10-11-29(15-19)20-14-26-28(2)16-20/h8-9,12,14,16,19,21H,3-7,10-11,13,15H2,1-2H3,(H,25,30)(H,27,31). The zero-order valence-corrected chi connectivity index (χ0v) is 19.0. The lowest BCUT2D eigenvalue weighted by Crippen LogP contribution is -2.45. The van der Waals surface area contributed by atoms with Crippen molar-refractivity contribution in [1.82, 2.24) is 20.4 Å². The molecule has 2 heterocycles. The fourth-order valence-corrected chi connectivity index (χ4v) is 4.47. The number of hydrogen-bond acceptors (Lipinski definition) is 5. The number of anilines is 1. The Bertz CT molecular complexity index is 951. The number of rotatable bonds is 6. The Morgan fingerprint density at radius 1 is 1.16 bits per heavy atom. The Balaban J connectivity index is 1.28. The predicted molar refractivity (Wildman–Crippen MR) is 122 cm³/mol. The molecule has 2 aliphatic rings. The van der Waals surface area contributed by atoms with Gasteiger partial charge in [-0.15, -0.1) is 0 Å². The third kappa shape index (κ3) is 5.60. The monoisotopic (exact) mass is 439 g/mol. The number of amides is 2. The lowest BCUT2D eigenvalue weighted by molar-refractivity contribution is -0.139. The minimum absolute atomic E-state index is 0.0574. The van der Waals surface area contributed by atoms with E-state index in [1.165, 1.54) is 19.3 Å². The van der Waals surface area contributed by atoms with Crippen LogP contribution in [0, 0.1) is 6.92 Å². The Morgan fingerprint density at radius 2 is 1.97 bits per heavy atom. The van der Waals surface area contributed by atoms with Crippen molar-refractivity contribution in [3.05, 3.63) is 41.7 Å². The largest absolute Gasteiger partial charge is 0.490 e. The van der Waals surface area contributed by atoms with Crippen LogP contribution in [0.15, 0.2) is 30.6 Å². The topological polar surface area (TPSA) is 88.5 Å². The van der Waals surface area contributed by atoms with E-state index in [4.69, 9.17) is 4.74 Å². The van der Waals surface area contributed by atoms with E-state index in [0.717, 1.165) is 48.4 Å². The highest BCUT2D eigenvalue weighted by atomic mass is 16.5. The minimum atomic E-state index is -0.617. The van der Waals surface area contributed by atoms with Gasteiger partial charge < -0.3 is 20.3 Å². The second kappa shape index (κ2) is 10.1. The molecule has 1 aliphatic heterocycles. The van der Waals surface area contributed by atoms with Crippen LogP contribution in [-0.2, 0) is 23.2 Å². The van der Waals surface area contributed by atoms with Gasteiger partial charge in [0.25, 0.3) is 0 Å². The number of aryl methyl sites for hydroxylation is 2. The third-order valence-electron chi connectivity index (χ3n) is 6.29. The van der Waals surface area contributed by atoms with Crippen LogP contribution >= 0.6 is 0 Å². The molecule has 1 saturated heterocycles. The number of carbonyl (C=O) groups excluding carboxylic acids is 2. The van der Waals surface area contributed by atoms with Gasteiger partial charge in [0.1, 0.15) is 5.75 Å². The normalized spacial score (nSPS) is 19.1. The average molecular weight is 440 g/mol. The maximum atomic E-state index is 12.4. The molecule has 32 heavy (non-hydrogen) atoms. The van der Waals surface area contributed by atoms with Crippen molar-refractivity contribution in [3.63, 3.8) is 0 Å². The maximum Gasteiger partial charge on any atom is 0.309 e. The van der Waals surface area contributed by atoms with Crippen LogP contribution in [0.3, 0.4) is 0 Å². The summed E-state index contributed by atoms with van der Waals surface area (Å²) < 4.78 is 8.01. The second-order valence-corrected chi connectivity index (χ2v) is 8.95. The molecule has 172 valence electrons. The highest BCUT2D eigenvalue weighted by Crippen LogP contribution is 2.27. The highest BCUT2D eigenvalue weighted by Gasteiger charge is 2.27. The first kappa shape index (κ1) is 22.2. The zero-order chi connectivity index (χ0) is 22.5. The summed E-state index contributed by atoms with van der Waals surface area (Å²) in [6.07, 6.45) is 10.6. The summed E-state index contributed by atoms with van der Waals surface area (Å²) in [6, 6.07) is 5.93. The molecule has 0 bridgehead atoms. The molecule has 0 radical (unpaired) electrons. The number of nitrogens with zero attached hydrogens (tertiary/aromatic N) is 3. The van der Waals surface area contributed by atoms with E-state index in [-0.39, 0.29) is 18.7 Å². The van der Waals surface area contributed by atoms with E-state index in [9.17, 15) is 9.59 Å². The Kier molecular flexibility index (Phi) is 6.97. The van der Waals surface area contributed by atoms with Gasteiger partial charge in [0.15, 0.2) is 0 Å². The quantitative estimate of drug-likeness (QED) is 0.675. The molecule has 2 amide bonds. The summed E-state index contributed by atoms with van der Waals surface area (Å²) in [4.78, 5) is 27.0. The fourth-order valence-electron chi connectivity index (χ4n) is 4.47. The Hall–Kier alpha value is -3.03. The average Bonchev–Trinajstić information content (AvgIpc) is 3.42. The van der Waals surface area contributed by atoms with Crippen molar-refractivity contribution in [2.75, 3.05) is 18.0 Å². The van der Waals surface area contributed by atoms with Crippen molar-refractivity contribution in [2.45, 2.75) is 64.1 Å². The number of carbonyl (C=O) groups is 2. The van der Waals surface area contributed by atoms with Crippen LogP contribution < -0.4 is 20.3 Å². The summed E-state index contributed by atoms with van der Waals surface area (Å²) in [5.74, 6) is -0.403. The van der Waals surface area contributed by atoms with Crippen LogP contribution in [0.4, 0.5) is 5.69 Å². The predicted octanol–water partition coefficient (Wildman–Crippen LogP) is 2.45. The molecule has 1 unspecified atom stereocenters. The van der Waals surface area contributed by atoms with E-state index in [1.54, 1.807) is 4.68 Å². The van der Waals surface area contributed by atoms with Crippen LogP contribution in [0.1, 0.15) is 49.7 Å². The fraction of sp³-hybridized carbons (Fsp3) is 0.542. The smallest absolute Gasteiger partial charge is 0.309 e. The molecule has 0 spiro atoms. The molecule has 2 fully saturated rings. The summed E-state index contributed by atoms with van der Waals surface area (Å²) in [5.41, 5.74) is 3.03. The molecule has 1 saturated carbocycles. The number of ether oxygens (including phenoxy) is 1. The summed E-state index contributed by atoms with van der Waals surface area (Å²) >= 11 is 0. The molecular weight excluding hydrogens is 406 g/mol. The highest BCUT2D eigenvalue weighted by molar-refractivity contribution is 6.35. The van der Waals surface area contributed by atoms with Gasteiger partial charge >= 0.3 is 11.8 Å². The molecule has 2 N–H and O–H groups in total. The first-order valence-corrected chi connectivity index (χ1v) is 11.6. The van der Waals surface area contributed by atoms with Crippen molar-refractivity contribution in [1.29, 1.82) is 0 Å². The van der Waals surface area contributed by atoms with Gasteiger partial charge in [0.05, 0.1) is 18.0 Å². The van der Waals surface area contributed by atoms with E-state index < -0.39 is 11.8 Å². The first-order chi connectivity index (χ1) is 15.5. The minimum Gasteiger partial charge on any atom is -0.490 e. The van der Waals surface area contributed by atoms with Crippen LogP contribution in [0.2, 0.25) is 0 Å². The van der Waals surface area contributed by atoms with Crippen molar-refractivity contribution < 1.29 is 14.3 Å². The van der Waals surface area contributed by atoms with Gasteiger partial charge in [-0.25, -0.2) is 0 Å². The Labute approximate surface area is 189 Å². The summed E-state index contributed by atoms with van der Waals surface area (Å²) in [7, 11) is 1.88. The lowest BCUT2D eigenvalue weighted by atomic mass is 9.97. The molecule has 8 nitrogen and oxygen atoms in total. The van der Waals surface area contributed by atoms with Crippen molar-refractivity contribution >= 4 is 17.5 Å². The number of nitrogens with one attached hydrogen (secondary N) is 2. The lowest BCUT2D eigenvalue weighted by Gasteiger charge is -2.24. The summed E-state index contributed by atoms with van der Waals surface area (Å²) in [6.45, 7) is 3.78. The van der Waals surface area contributed by atoms with Gasteiger partial charge in [-0.1, -0.05) is 18.6 Å². The second-order valence-electron chi connectivity index (χ2n) is 8.95. The van der Waals surface area contributed by atoms with Gasteiger partial charge in [-0.3, -0.25) is 14.3 Å². The van der Waals surface area contributed by atoms with Crippen LogP contribution in [-0.4, -0.2) is 46.8 Å². The van der Waals surface area contributed by atoms with E-state index in [1.807, 2.05) is 44.6 Å². The van der Waals surface area contributed by atoms with E-state index in [2.05, 4.69) is 20.6 Å². The molecule has 1 aliphatic carbocycles. The molecule has 4 rings (SSSR count). The van der Waals surface area contributed by atoms with Gasteiger partial charge in [0.2, 0.25) is 0 Å². The van der Waals surface area contributed by atoms with Gasteiger partial charge in [0, 0.05) is 44.5 Å². The van der Waals surface area contributed by atoms with Gasteiger partial charge in [-0.05, 0) is 50.7 Å². The molecule has 1 aromatic heterocycles. The van der Waals surface area contributed by atoms with E-state index >= 15 is 0 Å². The SMILES string of the molecule is Cc1ccc(CNC(=O)C(=O)NC2CCN(c3cnn(C)c3)C2)c(OC2CCCCC2)c1.